The molecule has 1 unspecified atom stereocenters. The summed E-state index contributed by atoms with van der Waals surface area (Å²) in [5, 5.41) is 15.6. The number of aliphatic hydroxyl groups excluding tert-OH is 1. The smallest absolute Gasteiger partial charge is 0.134 e. The van der Waals surface area contributed by atoms with Crippen molar-refractivity contribution in [3.63, 3.8) is 0 Å². The molecule has 1 rings (SSSR count). The van der Waals surface area contributed by atoms with Crippen molar-refractivity contribution >= 4 is 11.6 Å². The number of hydrogen-bond acceptors (Lipinski definition) is 5. The predicted octanol–water partition coefficient (Wildman–Crippen LogP) is 2.04. The van der Waals surface area contributed by atoms with Crippen LogP contribution in [-0.2, 0) is 6.42 Å². The molecule has 0 radical (unpaired) electrons. The molecule has 3 N–H and O–H groups in total. The molecule has 0 aliphatic rings. The van der Waals surface area contributed by atoms with Crippen LogP contribution in [0.2, 0.25) is 0 Å². The van der Waals surface area contributed by atoms with E-state index in [0.29, 0.717) is 6.42 Å². The van der Waals surface area contributed by atoms with Gasteiger partial charge < -0.3 is 15.7 Å². The minimum atomic E-state index is 0.183. The Labute approximate surface area is 109 Å². The van der Waals surface area contributed by atoms with Crippen molar-refractivity contribution in [1.29, 1.82) is 0 Å². The van der Waals surface area contributed by atoms with Crippen LogP contribution in [-0.4, -0.2) is 34.3 Å². The molecule has 0 aliphatic carbocycles. The Morgan fingerprint density at radius 2 is 2.00 bits per heavy atom. The van der Waals surface area contributed by atoms with Crippen molar-refractivity contribution in [3.8, 4) is 0 Å². The number of aliphatic hydroxyl groups is 1. The highest BCUT2D eigenvalue weighted by Gasteiger charge is 2.12. The normalized spacial score (nSPS) is 12.2. The molecule has 1 aromatic rings. The molecular weight excluding hydrogens is 228 g/mol. The predicted molar refractivity (Wildman–Crippen MR) is 75.0 cm³/mol. The Morgan fingerprint density at radius 3 is 2.61 bits per heavy atom. The quantitative estimate of drug-likeness (QED) is 0.660. The maximum absolute atomic E-state index is 8.94. The third-order valence-electron chi connectivity index (χ3n) is 2.73. The van der Waals surface area contributed by atoms with Crippen LogP contribution in [0.3, 0.4) is 0 Å². The van der Waals surface area contributed by atoms with E-state index in [2.05, 4.69) is 34.4 Å². The van der Waals surface area contributed by atoms with Crippen LogP contribution in [0.4, 0.5) is 11.6 Å². The Hall–Kier alpha value is -1.36. The molecule has 0 saturated heterocycles. The van der Waals surface area contributed by atoms with Gasteiger partial charge in [0.1, 0.15) is 18.0 Å². The van der Waals surface area contributed by atoms with E-state index in [4.69, 9.17) is 5.11 Å². The van der Waals surface area contributed by atoms with E-state index >= 15 is 0 Å². The summed E-state index contributed by atoms with van der Waals surface area (Å²) >= 11 is 0. The number of nitrogens with one attached hydrogen (secondary N) is 2. The van der Waals surface area contributed by atoms with Gasteiger partial charge in [-0.05, 0) is 26.7 Å². The summed E-state index contributed by atoms with van der Waals surface area (Å²) in [7, 11) is 0. The second-order valence-electron chi connectivity index (χ2n) is 4.39. The lowest BCUT2D eigenvalue weighted by atomic mass is 10.1. The zero-order valence-corrected chi connectivity index (χ0v) is 11.5. The van der Waals surface area contributed by atoms with Crippen LogP contribution in [0.25, 0.3) is 0 Å². The molecule has 0 aliphatic heterocycles. The van der Waals surface area contributed by atoms with Gasteiger partial charge in [0.15, 0.2) is 0 Å². The van der Waals surface area contributed by atoms with Gasteiger partial charge in [-0.3, -0.25) is 0 Å². The third kappa shape index (κ3) is 4.14. The molecule has 5 heteroatoms. The highest BCUT2D eigenvalue weighted by atomic mass is 16.3. The molecule has 1 atom stereocenters. The maximum Gasteiger partial charge on any atom is 0.134 e. The Balaban J connectivity index is 2.90. The molecule has 0 amide bonds. The summed E-state index contributed by atoms with van der Waals surface area (Å²) in [6.07, 6.45) is 4.28. The van der Waals surface area contributed by atoms with Gasteiger partial charge in [0.25, 0.3) is 0 Å². The van der Waals surface area contributed by atoms with Crippen molar-refractivity contribution in [3.05, 3.63) is 11.9 Å². The fraction of sp³-hybridized carbons (Fsp3) is 0.692. The number of hydrogen-bond donors (Lipinski definition) is 3. The topological polar surface area (TPSA) is 70.1 Å². The summed E-state index contributed by atoms with van der Waals surface area (Å²) in [6.45, 7) is 7.27. The van der Waals surface area contributed by atoms with Crippen LogP contribution in [0, 0.1) is 0 Å². The first kappa shape index (κ1) is 14.7. The Kier molecular flexibility index (Phi) is 6.43. The van der Waals surface area contributed by atoms with E-state index in [-0.39, 0.29) is 12.6 Å². The lowest BCUT2D eigenvalue weighted by Gasteiger charge is -2.18. The molecule has 1 aromatic heterocycles. The monoisotopic (exact) mass is 252 g/mol. The number of aromatic nitrogens is 2. The second kappa shape index (κ2) is 7.87. The maximum atomic E-state index is 8.94. The van der Waals surface area contributed by atoms with Crippen LogP contribution < -0.4 is 10.6 Å². The van der Waals surface area contributed by atoms with Gasteiger partial charge in [-0.2, -0.15) is 0 Å². The van der Waals surface area contributed by atoms with Gasteiger partial charge in [0, 0.05) is 24.8 Å². The zero-order chi connectivity index (χ0) is 13.4. The van der Waals surface area contributed by atoms with Crippen molar-refractivity contribution < 1.29 is 5.11 Å². The standard InChI is InChI=1S/C13H24N4O/c1-4-6-11-12(14-5-2)15-9-16-13(11)17-10(3)7-8-18/h9-10,18H,4-8H2,1-3H3,(H2,14,15,16,17). The fourth-order valence-electron chi connectivity index (χ4n) is 1.84. The molecule has 0 bridgehead atoms. The molecule has 5 nitrogen and oxygen atoms in total. The fourth-order valence-corrected chi connectivity index (χ4v) is 1.84. The average Bonchev–Trinajstić information content (AvgIpc) is 2.34. The minimum absolute atomic E-state index is 0.183. The molecular formula is C13H24N4O. The van der Waals surface area contributed by atoms with E-state index in [9.17, 15) is 0 Å². The summed E-state index contributed by atoms with van der Waals surface area (Å²) in [5.74, 6) is 1.79. The minimum Gasteiger partial charge on any atom is -0.396 e. The number of anilines is 2. The number of nitrogens with zero attached hydrogens (tertiary/aromatic N) is 2. The van der Waals surface area contributed by atoms with Crippen LogP contribution in [0.5, 0.6) is 0 Å². The third-order valence-corrected chi connectivity index (χ3v) is 2.73. The molecule has 1 heterocycles. The van der Waals surface area contributed by atoms with Gasteiger partial charge in [0.2, 0.25) is 0 Å². The first-order valence-electron chi connectivity index (χ1n) is 6.68. The molecule has 0 fully saturated rings. The van der Waals surface area contributed by atoms with Crippen LogP contribution >= 0.6 is 0 Å². The van der Waals surface area contributed by atoms with Crippen LogP contribution in [0.1, 0.15) is 39.2 Å². The van der Waals surface area contributed by atoms with E-state index in [1.165, 1.54) is 0 Å². The number of rotatable bonds is 8. The molecule has 0 spiro atoms. The molecule has 18 heavy (non-hydrogen) atoms. The van der Waals surface area contributed by atoms with E-state index in [1.807, 2.05) is 6.92 Å². The zero-order valence-electron chi connectivity index (χ0n) is 11.5. The summed E-state index contributed by atoms with van der Waals surface area (Å²) in [6, 6.07) is 0.204. The Bertz CT molecular complexity index is 357. The lowest BCUT2D eigenvalue weighted by molar-refractivity contribution is 0.282. The van der Waals surface area contributed by atoms with E-state index in [0.717, 1.165) is 36.6 Å². The molecule has 0 saturated carbocycles. The summed E-state index contributed by atoms with van der Waals surface area (Å²) < 4.78 is 0. The average molecular weight is 252 g/mol. The highest BCUT2D eigenvalue weighted by Crippen LogP contribution is 2.22. The van der Waals surface area contributed by atoms with Gasteiger partial charge >= 0.3 is 0 Å². The lowest BCUT2D eigenvalue weighted by Crippen LogP contribution is -2.19. The van der Waals surface area contributed by atoms with Crippen molar-refractivity contribution in [2.24, 2.45) is 0 Å². The SMILES string of the molecule is CCCc1c(NCC)ncnc1NC(C)CCO. The van der Waals surface area contributed by atoms with E-state index in [1.54, 1.807) is 6.33 Å². The Morgan fingerprint density at radius 1 is 1.28 bits per heavy atom. The van der Waals surface area contributed by atoms with Crippen molar-refractivity contribution in [1.82, 2.24) is 9.97 Å². The molecule has 0 aromatic carbocycles. The highest BCUT2D eigenvalue weighted by molar-refractivity contribution is 5.57. The van der Waals surface area contributed by atoms with Crippen LogP contribution in [0.15, 0.2) is 6.33 Å². The van der Waals surface area contributed by atoms with Gasteiger partial charge in [-0.25, -0.2) is 9.97 Å². The largest absolute Gasteiger partial charge is 0.396 e. The second-order valence-corrected chi connectivity index (χ2v) is 4.39. The van der Waals surface area contributed by atoms with Crippen molar-refractivity contribution in [2.45, 2.75) is 46.1 Å². The summed E-state index contributed by atoms with van der Waals surface area (Å²) in [5.41, 5.74) is 1.13. The van der Waals surface area contributed by atoms with Crippen molar-refractivity contribution in [2.75, 3.05) is 23.8 Å². The van der Waals surface area contributed by atoms with Gasteiger partial charge in [-0.1, -0.05) is 13.3 Å². The molecule has 102 valence electrons. The van der Waals surface area contributed by atoms with E-state index < -0.39 is 0 Å². The summed E-state index contributed by atoms with van der Waals surface area (Å²) in [4.78, 5) is 8.61. The first-order valence-corrected chi connectivity index (χ1v) is 6.68. The van der Waals surface area contributed by atoms with Gasteiger partial charge in [0.05, 0.1) is 0 Å². The van der Waals surface area contributed by atoms with Gasteiger partial charge in [-0.15, -0.1) is 0 Å². The first-order chi connectivity index (χ1) is 8.72.